The number of tetrazole rings is 1. The minimum atomic E-state index is -4.54. The van der Waals surface area contributed by atoms with Crippen molar-refractivity contribution in [1.82, 2.24) is 20.2 Å². The number of nitrogens with zero attached hydrogens (tertiary/aromatic N) is 4. The van der Waals surface area contributed by atoms with Crippen molar-refractivity contribution in [2.45, 2.75) is 12.7 Å². The van der Waals surface area contributed by atoms with E-state index < -0.39 is 17.6 Å². The standard InChI is InChI=1S/C16H11ClF3N5O/c17-12-7-6-11(16(18,19)20)8-13(12)21-14(26)9-25-23-15(22-24-25)10-4-2-1-3-5-10/h1-8H,9H2,(H,21,26). The molecule has 0 aliphatic carbocycles. The van der Waals surface area contributed by atoms with Crippen LogP contribution in [0.5, 0.6) is 0 Å². The third kappa shape index (κ3) is 4.17. The lowest BCUT2D eigenvalue weighted by atomic mass is 10.2. The fourth-order valence-corrected chi connectivity index (χ4v) is 2.29. The third-order valence-corrected chi connectivity index (χ3v) is 3.67. The number of amides is 1. The molecule has 1 N–H and O–H groups in total. The first-order chi connectivity index (χ1) is 12.3. The maximum absolute atomic E-state index is 12.8. The van der Waals surface area contributed by atoms with Crippen molar-refractivity contribution in [2.75, 3.05) is 5.32 Å². The van der Waals surface area contributed by atoms with Crippen molar-refractivity contribution in [2.24, 2.45) is 0 Å². The fraction of sp³-hybridized carbons (Fsp3) is 0.125. The lowest BCUT2D eigenvalue weighted by molar-refractivity contribution is -0.137. The van der Waals surface area contributed by atoms with Gasteiger partial charge in [-0.2, -0.15) is 18.0 Å². The number of aromatic nitrogens is 4. The molecule has 26 heavy (non-hydrogen) atoms. The van der Waals surface area contributed by atoms with Crippen molar-refractivity contribution in [3.8, 4) is 11.4 Å². The zero-order valence-corrected chi connectivity index (χ0v) is 13.8. The Labute approximate surface area is 150 Å². The van der Waals surface area contributed by atoms with Gasteiger partial charge in [0.1, 0.15) is 6.54 Å². The smallest absolute Gasteiger partial charge is 0.323 e. The monoisotopic (exact) mass is 381 g/mol. The maximum Gasteiger partial charge on any atom is 0.416 e. The van der Waals surface area contributed by atoms with Crippen LogP contribution in [0.4, 0.5) is 18.9 Å². The molecule has 0 saturated heterocycles. The van der Waals surface area contributed by atoms with Crippen LogP contribution in [0.1, 0.15) is 5.56 Å². The topological polar surface area (TPSA) is 72.7 Å². The predicted molar refractivity (Wildman–Crippen MR) is 88.3 cm³/mol. The summed E-state index contributed by atoms with van der Waals surface area (Å²) in [7, 11) is 0. The number of carbonyl (C=O) groups excluding carboxylic acids is 1. The molecule has 0 aliphatic rings. The zero-order chi connectivity index (χ0) is 18.7. The van der Waals surface area contributed by atoms with E-state index >= 15 is 0 Å². The first kappa shape index (κ1) is 17.9. The molecular weight excluding hydrogens is 371 g/mol. The van der Waals surface area contributed by atoms with Crippen LogP contribution >= 0.6 is 11.6 Å². The maximum atomic E-state index is 12.8. The second-order valence-electron chi connectivity index (χ2n) is 5.25. The van der Waals surface area contributed by atoms with Crippen molar-refractivity contribution < 1.29 is 18.0 Å². The van der Waals surface area contributed by atoms with Gasteiger partial charge in [0.05, 0.1) is 16.3 Å². The molecule has 1 aromatic heterocycles. The molecule has 0 radical (unpaired) electrons. The number of alkyl halides is 3. The number of hydrogen-bond acceptors (Lipinski definition) is 4. The second kappa shape index (κ2) is 7.12. The molecule has 0 fully saturated rings. The Hall–Kier alpha value is -2.94. The summed E-state index contributed by atoms with van der Waals surface area (Å²) in [5.74, 6) is -0.307. The van der Waals surface area contributed by atoms with E-state index in [2.05, 4.69) is 20.7 Å². The molecular formula is C16H11ClF3N5O. The summed E-state index contributed by atoms with van der Waals surface area (Å²) >= 11 is 5.85. The van der Waals surface area contributed by atoms with E-state index in [1.165, 1.54) is 0 Å². The van der Waals surface area contributed by atoms with Crippen LogP contribution < -0.4 is 5.32 Å². The summed E-state index contributed by atoms with van der Waals surface area (Å²) in [5, 5.41) is 14.0. The minimum Gasteiger partial charge on any atom is -0.323 e. The summed E-state index contributed by atoms with van der Waals surface area (Å²) in [6, 6.07) is 11.7. The Kier molecular flexibility index (Phi) is 4.90. The second-order valence-corrected chi connectivity index (χ2v) is 5.66. The molecule has 2 aromatic carbocycles. The van der Waals surface area contributed by atoms with Gasteiger partial charge in [-0.05, 0) is 23.4 Å². The molecule has 1 heterocycles. The van der Waals surface area contributed by atoms with Gasteiger partial charge in [-0.3, -0.25) is 4.79 Å². The minimum absolute atomic E-state index is 0.0112. The van der Waals surface area contributed by atoms with E-state index in [4.69, 9.17) is 11.6 Å². The molecule has 3 aromatic rings. The van der Waals surface area contributed by atoms with Crippen molar-refractivity contribution in [3.05, 3.63) is 59.1 Å². The zero-order valence-electron chi connectivity index (χ0n) is 13.0. The molecule has 0 spiro atoms. The van der Waals surface area contributed by atoms with Gasteiger partial charge in [0.2, 0.25) is 11.7 Å². The van der Waals surface area contributed by atoms with Gasteiger partial charge in [-0.25, -0.2) is 0 Å². The van der Waals surface area contributed by atoms with Crippen LogP contribution in [0.25, 0.3) is 11.4 Å². The molecule has 134 valence electrons. The first-order valence-electron chi connectivity index (χ1n) is 7.33. The Morgan fingerprint density at radius 2 is 1.88 bits per heavy atom. The predicted octanol–water partition coefficient (Wildman–Crippen LogP) is 3.65. The molecule has 0 unspecified atom stereocenters. The highest BCUT2D eigenvalue weighted by Crippen LogP contribution is 2.33. The molecule has 0 aliphatic heterocycles. The van der Waals surface area contributed by atoms with Crippen molar-refractivity contribution in [1.29, 1.82) is 0 Å². The van der Waals surface area contributed by atoms with Gasteiger partial charge in [-0.1, -0.05) is 41.9 Å². The number of hydrogen-bond donors (Lipinski definition) is 1. The van der Waals surface area contributed by atoms with Gasteiger partial charge in [0, 0.05) is 5.56 Å². The summed E-state index contributed by atoms with van der Waals surface area (Å²) < 4.78 is 38.3. The normalized spacial score (nSPS) is 11.4. The molecule has 1 amide bonds. The summed E-state index contributed by atoms with van der Waals surface area (Å²) in [5.41, 5.74) is -0.336. The van der Waals surface area contributed by atoms with Crippen LogP contribution in [0.15, 0.2) is 48.5 Å². The highest BCUT2D eigenvalue weighted by atomic mass is 35.5. The van der Waals surface area contributed by atoms with Crippen molar-refractivity contribution in [3.63, 3.8) is 0 Å². The largest absolute Gasteiger partial charge is 0.416 e. The van der Waals surface area contributed by atoms with E-state index in [1.54, 1.807) is 24.3 Å². The van der Waals surface area contributed by atoms with E-state index in [9.17, 15) is 18.0 Å². The quantitative estimate of drug-likeness (QED) is 0.748. The van der Waals surface area contributed by atoms with Gasteiger partial charge in [0.25, 0.3) is 0 Å². The van der Waals surface area contributed by atoms with Gasteiger partial charge < -0.3 is 5.32 Å². The Morgan fingerprint density at radius 3 is 2.58 bits per heavy atom. The van der Waals surface area contributed by atoms with Gasteiger partial charge in [0.15, 0.2) is 0 Å². The number of carbonyl (C=O) groups is 1. The molecule has 10 heteroatoms. The van der Waals surface area contributed by atoms with E-state index in [0.717, 1.165) is 28.6 Å². The lowest BCUT2D eigenvalue weighted by Crippen LogP contribution is -2.21. The van der Waals surface area contributed by atoms with Crippen LogP contribution in [0, 0.1) is 0 Å². The third-order valence-electron chi connectivity index (χ3n) is 3.34. The van der Waals surface area contributed by atoms with Crippen LogP contribution in [-0.4, -0.2) is 26.1 Å². The van der Waals surface area contributed by atoms with Crippen LogP contribution in [-0.2, 0) is 17.5 Å². The van der Waals surface area contributed by atoms with E-state index in [0.29, 0.717) is 5.82 Å². The number of anilines is 1. The average molecular weight is 382 g/mol. The Morgan fingerprint density at radius 1 is 1.15 bits per heavy atom. The van der Waals surface area contributed by atoms with Crippen LogP contribution in [0.2, 0.25) is 5.02 Å². The van der Waals surface area contributed by atoms with Crippen molar-refractivity contribution >= 4 is 23.2 Å². The highest BCUT2D eigenvalue weighted by molar-refractivity contribution is 6.33. The SMILES string of the molecule is O=C(Cn1nnc(-c2ccccc2)n1)Nc1cc(C(F)(F)F)ccc1Cl. The summed E-state index contributed by atoms with van der Waals surface area (Å²) in [4.78, 5) is 13.1. The molecule has 0 atom stereocenters. The van der Waals surface area contributed by atoms with Gasteiger partial charge >= 0.3 is 6.18 Å². The highest BCUT2D eigenvalue weighted by Gasteiger charge is 2.31. The molecule has 6 nitrogen and oxygen atoms in total. The Bertz CT molecular complexity index is 927. The van der Waals surface area contributed by atoms with Gasteiger partial charge in [-0.15, -0.1) is 10.2 Å². The molecule has 3 rings (SSSR count). The Balaban J connectivity index is 1.71. The molecule has 0 saturated carbocycles. The summed E-state index contributed by atoms with van der Waals surface area (Å²) in [6.45, 7) is -0.327. The molecule has 0 bridgehead atoms. The van der Waals surface area contributed by atoms with E-state index in [1.807, 2.05) is 6.07 Å². The summed E-state index contributed by atoms with van der Waals surface area (Å²) in [6.07, 6.45) is -4.54. The average Bonchev–Trinajstić information content (AvgIpc) is 3.05. The number of halogens is 4. The number of benzene rings is 2. The van der Waals surface area contributed by atoms with Crippen LogP contribution in [0.3, 0.4) is 0 Å². The lowest BCUT2D eigenvalue weighted by Gasteiger charge is -2.11. The van der Waals surface area contributed by atoms with E-state index in [-0.39, 0.29) is 17.3 Å². The number of nitrogens with one attached hydrogen (secondary N) is 1. The fourth-order valence-electron chi connectivity index (χ4n) is 2.13. The number of rotatable bonds is 4. The first-order valence-corrected chi connectivity index (χ1v) is 7.70.